The van der Waals surface area contributed by atoms with Crippen LogP contribution in [0.5, 0.6) is 0 Å². The number of amides is 1. The van der Waals surface area contributed by atoms with E-state index in [0.717, 1.165) is 35.3 Å². The lowest BCUT2D eigenvalue weighted by Gasteiger charge is -2.14. The SMILES string of the molecule is Cc1ccccc1C(O)CNC(=O)c1nc(C2CC2)n2ccccc12. The lowest BCUT2D eigenvalue weighted by Crippen LogP contribution is -2.29. The van der Waals surface area contributed by atoms with Crippen molar-refractivity contribution in [2.45, 2.75) is 31.8 Å². The predicted octanol–water partition coefficient (Wildman–Crippen LogP) is 2.98. The summed E-state index contributed by atoms with van der Waals surface area (Å²) >= 11 is 0. The Morgan fingerprint density at radius 1 is 1.28 bits per heavy atom. The molecule has 0 bridgehead atoms. The monoisotopic (exact) mass is 335 g/mol. The van der Waals surface area contributed by atoms with Crippen molar-refractivity contribution < 1.29 is 9.90 Å². The molecule has 1 saturated carbocycles. The minimum Gasteiger partial charge on any atom is -0.387 e. The number of nitrogens with one attached hydrogen (secondary N) is 1. The molecule has 5 nitrogen and oxygen atoms in total. The number of aliphatic hydroxyl groups is 1. The number of aliphatic hydroxyl groups excluding tert-OH is 1. The van der Waals surface area contributed by atoms with Crippen molar-refractivity contribution in [1.29, 1.82) is 0 Å². The summed E-state index contributed by atoms with van der Waals surface area (Å²) in [7, 11) is 0. The minimum absolute atomic E-state index is 0.161. The molecule has 2 heterocycles. The molecule has 128 valence electrons. The van der Waals surface area contributed by atoms with Gasteiger partial charge in [-0.2, -0.15) is 0 Å². The molecule has 0 aliphatic heterocycles. The summed E-state index contributed by atoms with van der Waals surface area (Å²) in [6.45, 7) is 2.11. The molecule has 3 aromatic rings. The number of pyridine rings is 1. The number of benzene rings is 1. The summed E-state index contributed by atoms with van der Waals surface area (Å²) < 4.78 is 2.00. The molecule has 1 atom stereocenters. The quantitative estimate of drug-likeness (QED) is 0.753. The Morgan fingerprint density at radius 3 is 2.80 bits per heavy atom. The van der Waals surface area contributed by atoms with Crippen molar-refractivity contribution >= 4 is 11.4 Å². The van der Waals surface area contributed by atoms with Gasteiger partial charge in [-0.15, -0.1) is 0 Å². The molecule has 5 heteroatoms. The maximum Gasteiger partial charge on any atom is 0.272 e. The summed E-state index contributed by atoms with van der Waals surface area (Å²) in [4.78, 5) is 17.2. The van der Waals surface area contributed by atoms with E-state index in [0.29, 0.717) is 11.6 Å². The van der Waals surface area contributed by atoms with E-state index in [9.17, 15) is 9.90 Å². The summed E-state index contributed by atoms with van der Waals surface area (Å²) in [5.41, 5.74) is 3.08. The van der Waals surface area contributed by atoms with Gasteiger partial charge in [-0.25, -0.2) is 4.98 Å². The molecule has 25 heavy (non-hydrogen) atoms. The van der Waals surface area contributed by atoms with Crippen LogP contribution in [0.15, 0.2) is 48.7 Å². The van der Waals surface area contributed by atoms with Crippen molar-refractivity contribution in [2.24, 2.45) is 0 Å². The molecule has 2 aromatic heterocycles. The van der Waals surface area contributed by atoms with Gasteiger partial charge in [0.05, 0.1) is 11.6 Å². The van der Waals surface area contributed by atoms with Gasteiger partial charge >= 0.3 is 0 Å². The first-order chi connectivity index (χ1) is 12.1. The van der Waals surface area contributed by atoms with E-state index in [-0.39, 0.29) is 12.5 Å². The molecule has 1 fully saturated rings. The van der Waals surface area contributed by atoms with Crippen molar-refractivity contribution in [3.05, 3.63) is 71.3 Å². The number of rotatable bonds is 5. The number of nitrogens with zero attached hydrogens (tertiary/aromatic N) is 2. The summed E-state index contributed by atoms with van der Waals surface area (Å²) in [6.07, 6.45) is 3.47. The molecule has 1 aliphatic carbocycles. The van der Waals surface area contributed by atoms with E-state index >= 15 is 0 Å². The van der Waals surface area contributed by atoms with Crippen LogP contribution in [0.2, 0.25) is 0 Å². The second-order valence-corrected chi connectivity index (χ2v) is 6.63. The van der Waals surface area contributed by atoms with E-state index in [2.05, 4.69) is 10.3 Å². The average Bonchev–Trinajstić information content (AvgIpc) is 3.40. The van der Waals surface area contributed by atoms with Crippen LogP contribution in [0.1, 0.15) is 52.3 Å². The third kappa shape index (κ3) is 3.03. The minimum atomic E-state index is -0.734. The van der Waals surface area contributed by atoms with E-state index < -0.39 is 6.10 Å². The molecule has 1 aliphatic rings. The highest BCUT2D eigenvalue weighted by Crippen LogP contribution is 2.39. The largest absolute Gasteiger partial charge is 0.387 e. The van der Waals surface area contributed by atoms with Gasteiger partial charge in [-0.3, -0.25) is 4.79 Å². The fourth-order valence-electron chi connectivity index (χ4n) is 3.20. The molecule has 1 aromatic carbocycles. The first-order valence-corrected chi connectivity index (χ1v) is 8.64. The first kappa shape index (κ1) is 15.8. The van der Waals surface area contributed by atoms with Crippen LogP contribution in [0.3, 0.4) is 0 Å². The molecular formula is C20H21N3O2. The summed E-state index contributed by atoms with van der Waals surface area (Å²) in [6, 6.07) is 13.4. The van der Waals surface area contributed by atoms with Gasteiger partial charge in [0.25, 0.3) is 5.91 Å². The van der Waals surface area contributed by atoms with Gasteiger partial charge in [0, 0.05) is 18.7 Å². The number of aromatic nitrogens is 2. The Morgan fingerprint density at radius 2 is 2.04 bits per heavy atom. The highest BCUT2D eigenvalue weighted by Gasteiger charge is 2.30. The van der Waals surface area contributed by atoms with E-state index in [1.807, 2.05) is 60.0 Å². The molecule has 0 radical (unpaired) electrons. The third-order valence-electron chi connectivity index (χ3n) is 4.74. The maximum absolute atomic E-state index is 12.6. The van der Waals surface area contributed by atoms with Crippen LogP contribution in [0, 0.1) is 6.92 Å². The topological polar surface area (TPSA) is 66.6 Å². The number of hydrogen-bond donors (Lipinski definition) is 2. The standard InChI is InChI=1S/C20H21N3O2/c1-13-6-2-3-7-15(13)17(24)12-21-20(25)18-16-8-4-5-11-23(16)19(22-18)14-9-10-14/h2-8,11,14,17,24H,9-10,12H2,1H3,(H,21,25). The number of carbonyl (C=O) groups is 1. The Labute approximate surface area is 146 Å². The van der Waals surface area contributed by atoms with Crippen LogP contribution in [0.4, 0.5) is 0 Å². The fourth-order valence-corrected chi connectivity index (χ4v) is 3.20. The number of imidazole rings is 1. The zero-order valence-corrected chi connectivity index (χ0v) is 14.1. The molecule has 2 N–H and O–H groups in total. The van der Waals surface area contributed by atoms with Gasteiger partial charge in [0.1, 0.15) is 5.82 Å². The average molecular weight is 335 g/mol. The summed E-state index contributed by atoms with van der Waals surface area (Å²) in [5, 5.41) is 13.2. The van der Waals surface area contributed by atoms with Crippen LogP contribution in [0.25, 0.3) is 5.52 Å². The second kappa shape index (κ2) is 6.33. The van der Waals surface area contributed by atoms with Gasteiger partial charge in [0.15, 0.2) is 5.69 Å². The first-order valence-electron chi connectivity index (χ1n) is 8.64. The number of carbonyl (C=O) groups excluding carboxylic acids is 1. The molecule has 0 spiro atoms. The Hall–Kier alpha value is -2.66. The van der Waals surface area contributed by atoms with E-state index in [4.69, 9.17) is 0 Å². The van der Waals surface area contributed by atoms with Gasteiger partial charge in [-0.1, -0.05) is 30.3 Å². The van der Waals surface area contributed by atoms with Gasteiger partial charge in [0.2, 0.25) is 0 Å². The smallest absolute Gasteiger partial charge is 0.272 e. The second-order valence-electron chi connectivity index (χ2n) is 6.63. The molecule has 1 unspecified atom stereocenters. The zero-order chi connectivity index (χ0) is 17.4. The van der Waals surface area contributed by atoms with Gasteiger partial charge in [-0.05, 0) is 43.0 Å². The molecule has 0 saturated heterocycles. The predicted molar refractivity (Wildman–Crippen MR) is 95.6 cm³/mol. The van der Waals surface area contributed by atoms with Crippen molar-refractivity contribution in [2.75, 3.05) is 6.54 Å². The van der Waals surface area contributed by atoms with Crippen LogP contribution in [-0.2, 0) is 0 Å². The molecule has 4 rings (SSSR count). The Balaban J connectivity index is 1.54. The summed E-state index contributed by atoms with van der Waals surface area (Å²) in [5.74, 6) is 1.16. The highest BCUT2D eigenvalue weighted by molar-refractivity contribution is 5.99. The van der Waals surface area contributed by atoms with Gasteiger partial charge < -0.3 is 14.8 Å². The lowest BCUT2D eigenvalue weighted by atomic mass is 10.0. The normalized spacial score (nSPS) is 15.3. The molecular weight excluding hydrogens is 314 g/mol. The third-order valence-corrected chi connectivity index (χ3v) is 4.74. The van der Waals surface area contributed by atoms with Crippen molar-refractivity contribution in [1.82, 2.24) is 14.7 Å². The van der Waals surface area contributed by atoms with E-state index in [1.54, 1.807) is 0 Å². The zero-order valence-electron chi connectivity index (χ0n) is 14.1. The van der Waals surface area contributed by atoms with E-state index in [1.165, 1.54) is 0 Å². The fraction of sp³-hybridized carbons (Fsp3) is 0.300. The van der Waals surface area contributed by atoms with Crippen molar-refractivity contribution in [3.63, 3.8) is 0 Å². The lowest BCUT2D eigenvalue weighted by molar-refractivity contribution is 0.0913. The Kier molecular flexibility index (Phi) is 4.01. The Bertz CT molecular complexity index is 928. The maximum atomic E-state index is 12.6. The number of aryl methyl sites for hydroxylation is 1. The number of hydrogen-bond acceptors (Lipinski definition) is 3. The van der Waals surface area contributed by atoms with Crippen LogP contribution < -0.4 is 5.32 Å². The molecule has 1 amide bonds. The van der Waals surface area contributed by atoms with Crippen molar-refractivity contribution in [3.8, 4) is 0 Å². The van der Waals surface area contributed by atoms with Crippen LogP contribution in [-0.4, -0.2) is 26.9 Å². The van der Waals surface area contributed by atoms with Crippen LogP contribution >= 0.6 is 0 Å². The highest BCUT2D eigenvalue weighted by atomic mass is 16.3. The number of fused-ring (bicyclic) bond motifs is 1.